The lowest BCUT2D eigenvalue weighted by Gasteiger charge is -2.40. The van der Waals surface area contributed by atoms with Crippen molar-refractivity contribution < 1.29 is 18.7 Å². The SMILES string of the molecule is Cc1cc([C@@H](C)Nc2ccccc2C(=O)O)c2nc(N3CC(C(F)F)C3)c(C)c(=O)n2c1. The van der Waals surface area contributed by atoms with Gasteiger partial charge in [0.05, 0.1) is 23.1 Å². The van der Waals surface area contributed by atoms with Gasteiger partial charge in [-0.25, -0.2) is 18.6 Å². The Bertz CT molecular complexity index is 1250. The minimum absolute atomic E-state index is 0.136. The normalized spacial score (nSPS) is 15.1. The third-order valence-electron chi connectivity index (χ3n) is 5.85. The Morgan fingerprint density at radius 1 is 1.25 bits per heavy atom. The highest BCUT2D eigenvalue weighted by molar-refractivity contribution is 5.94. The van der Waals surface area contributed by atoms with Crippen molar-refractivity contribution in [2.24, 2.45) is 5.92 Å². The van der Waals surface area contributed by atoms with Crippen LogP contribution in [0.2, 0.25) is 0 Å². The Kier molecular flexibility index (Phi) is 5.58. The number of nitrogens with one attached hydrogen (secondary N) is 1. The van der Waals surface area contributed by atoms with Gasteiger partial charge in [-0.3, -0.25) is 9.20 Å². The molecule has 0 amide bonds. The largest absolute Gasteiger partial charge is 0.478 e. The van der Waals surface area contributed by atoms with Gasteiger partial charge in [0.15, 0.2) is 0 Å². The quantitative estimate of drug-likeness (QED) is 0.603. The number of carbonyl (C=O) groups is 1. The number of benzene rings is 1. The van der Waals surface area contributed by atoms with Crippen LogP contribution in [0.1, 0.15) is 40.0 Å². The lowest BCUT2D eigenvalue weighted by molar-refractivity contribution is 0.0610. The molecule has 2 aromatic heterocycles. The summed E-state index contributed by atoms with van der Waals surface area (Å²) in [5.41, 5.74) is 2.69. The first-order valence-corrected chi connectivity index (χ1v) is 10.3. The van der Waals surface area contributed by atoms with Gasteiger partial charge < -0.3 is 15.3 Å². The molecule has 0 bridgehead atoms. The minimum Gasteiger partial charge on any atom is -0.478 e. The molecule has 1 aliphatic rings. The van der Waals surface area contributed by atoms with Gasteiger partial charge in [0.2, 0.25) is 6.43 Å². The van der Waals surface area contributed by atoms with Crippen LogP contribution in [0.4, 0.5) is 20.3 Å². The van der Waals surface area contributed by atoms with Gasteiger partial charge in [0, 0.05) is 30.5 Å². The summed E-state index contributed by atoms with van der Waals surface area (Å²) in [7, 11) is 0. The summed E-state index contributed by atoms with van der Waals surface area (Å²) in [5, 5.41) is 12.7. The molecule has 1 aromatic carbocycles. The number of para-hydroxylation sites is 1. The maximum atomic E-state index is 13.1. The van der Waals surface area contributed by atoms with Crippen LogP contribution >= 0.6 is 0 Å². The van der Waals surface area contributed by atoms with Crippen molar-refractivity contribution in [2.75, 3.05) is 23.3 Å². The van der Waals surface area contributed by atoms with Gasteiger partial charge in [0.1, 0.15) is 11.5 Å². The van der Waals surface area contributed by atoms with E-state index in [4.69, 9.17) is 4.98 Å². The second-order valence-electron chi connectivity index (χ2n) is 8.25. The molecule has 0 aliphatic carbocycles. The first kappa shape index (κ1) is 21.7. The van der Waals surface area contributed by atoms with Gasteiger partial charge in [0.25, 0.3) is 5.56 Å². The molecule has 1 atom stereocenters. The third kappa shape index (κ3) is 3.79. The molecule has 0 unspecified atom stereocenters. The van der Waals surface area contributed by atoms with Gasteiger partial charge in [-0.2, -0.15) is 0 Å². The number of pyridine rings is 1. The number of rotatable bonds is 6. The molecule has 3 aromatic rings. The van der Waals surface area contributed by atoms with E-state index in [1.54, 1.807) is 36.2 Å². The molecule has 7 nitrogen and oxygen atoms in total. The number of fused-ring (bicyclic) bond motifs is 1. The van der Waals surface area contributed by atoms with Crippen LogP contribution in [-0.2, 0) is 0 Å². The monoisotopic (exact) mass is 442 g/mol. The summed E-state index contributed by atoms with van der Waals surface area (Å²) < 4.78 is 27.4. The van der Waals surface area contributed by atoms with Crippen molar-refractivity contribution in [1.82, 2.24) is 9.38 Å². The number of alkyl halides is 2. The molecule has 0 saturated carbocycles. The van der Waals surface area contributed by atoms with Crippen LogP contribution in [0.5, 0.6) is 0 Å². The molecule has 1 saturated heterocycles. The highest BCUT2D eigenvalue weighted by atomic mass is 19.3. The average molecular weight is 442 g/mol. The number of hydrogen-bond donors (Lipinski definition) is 2. The van der Waals surface area contributed by atoms with E-state index in [1.807, 2.05) is 19.9 Å². The molecule has 1 aliphatic heterocycles. The lowest BCUT2D eigenvalue weighted by atomic mass is 10.0. The van der Waals surface area contributed by atoms with E-state index < -0.39 is 18.3 Å². The fraction of sp³-hybridized carbons (Fsp3) is 0.348. The number of aromatic carboxylic acids is 1. The zero-order valence-corrected chi connectivity index (χ0v) is 18.0. The van der Waals surface area contributed by atoms with E-state index in [0.29, 0.717) is 28.3 Å². The van der Waals surface area contributed by atoms with Crippen LogP contribution in [0, 0.1) is 19.8 Å². The van der Waals surface area contributed by atoms with E-state index in [9.17, 15) is 23.5 Å². The van der Waals surface area contributed by atoms with Crippen LogP contribution in [0.3, 0.4) is 0 Å². The van der Waals surface area contributed by atoms with Crippen LogP contribution in [0.25, 0.3) is 5.65 Å². The molecule has 4 rings (SSSR count). The highest BCUT2D eigenvalue weighted by Gasteiger charge is 2.36. The second kappa shape index (κ2) is 8.22. The van der Waals surface area contributed by atoms with Crippen molar-refractivity contribution >= 4 is 23.1 Å². The number of carboxylic acids is 1. The molecular weight excluding hydrogens is 418 g/mol. The van der Waals surface area contributed by atoms with Crippen molar-refractivity contribution in [1.29, 1.82) is 0 Å². The number of carboxylic acid groups (broad SMARTS) is 1. The van der Waals surface area contributed by atoms with E-state index >= 15 is 0 Å². The van der Waals surface area contributed by atoms with Crippen molar-refractivity contribution in [3.05, 3.63) is 69.1 Å². The summed E-state index contributed by atoms with van der Waals surface area (Å²) in [6.45, 7) is 5.68. The van der Waals surface area contributed by atoms with E-state index in [-0.39, 0.29) is 30.3 Å². The number of aromatic nitrogens is 2. The zero-order valence-electron chi connectivity index (χ0n) is 18.0. The molecule has 32 heavy (non-hydrogen) atoms. The van der Waals surface area contributed by atoms with Crippen molar-refractivity contribution in [3.63, 3.8) is 0 Å². The number of hydrogen-bond acceptors (Lipinski definition) is 5. The summed E-state index contributed by atoms with van der Waals surface area (Å²) in [6, 6.07) is 8.09. The van der Waals surface area contributed by atoms with Crippen molar-refractivity contribution in [2.45, 2.75) is 33.2 Å². The van der Waals surface area contributed by atoms with Gasteiger partial charge in [-0.05, 0) is 44.5 Å². The predicted octanol–water partition coefficient (Wildman–Crippen LogP) is 3.88. The fourth-order valence-corrected chi connectivity index (χ4v) is 4.06. The molecule has 3 heterocycles. The molecule has 9 heteroatoms. The Balaban J connectivity index is 1.78. The van der Waals surface area contributed by atoms with Crippen LogP contribution < -0.4 is 15.8 Å². The Hall–Kier alpha value is -3.49. The van der Waals surface area contributed by atoms with Gasteiger partial charge >= 0.3 is 5.97 Å². The summed E-state index contributed by atoms with van der Waals surface area (Å²) in [4.78, 5) is 31.1. The second-order valence-corrected chi connectivity index (χ2v) is 8.25. The third-order valence-corrected chi connectivity index (χ3v) is 5.85. The number of aryl methyl sites for hydroxylation is 1. The van der Waals surface area contributed by atoms with E-state index in [1.165, 1.54) is 10.5 Å². The molecular formula is C23H24F2N4O3. The van der Waals surface area contributed by atoms with Crippen LogP contribution in [0.15, 0.2) is 41.3 Å². The molecule has 0 radical (unpaired) electrons. The van der Waals surface area contributed by atoms with Gasteiger partial charge in [-0.15, -0.1) is 0 Å². The highest BCUT2D eigenvalue weighted by Crippen LogP contribution is 2.31. The topological polar surface area (TPSA) is 86.9 Å². The molecule has 168 valence electrons. The van der Waals surface area contributed by atoms with E-state index in [0.717, 1.165) is 5.56 Å². The standard InChI is InChI=1S/C23H24F2N4O3/c1-12-8-17(14(3)26-18-7-5-4-6-16(18)23(31)32)21-27-20(13(2)22(30)29(21)9-12)28-10-15(11-28)19(24)25/h4-9,14-15,19,26H,10-11H2,1-3H3,(H,31,32)/t14-/m1/s1. The predicted molar refractivity (Wildman–Crippen MR) is 118 cm³/mol. The molecule has 2 N–H and O–H groups in total. The van der Waals surface area contributed by atoms with Crippen LogP contribution in [-0.4, -0.2) is 40.0 Å². The minimum atomic E-state index is -2.40. The van der Waals surface area contributed by atoms with Gasteiger partial charge in [-0.1, -0.05) is 12.1 Å². The fourth-order valence-electron chi connectivity index (χ4n) is 4.06. The van der Waals surface area contributed by atoms with E-state index in [2.05, 4.69) is 5.32 Å². The Labute approximate surface area is 183 Å². The number of halogens is 2. The number of anilines is 2. The number of nitrogens with zero attached hydrogens (tertiary/aromatic N) is 3. The molecule has 1 fully saturated rings. The maximum absolute atomic E-state index is 13.1. The Morgan fingerprint density at radius 2 is 1.94 bits per heavy atom. The smallest absolute Gasteiger partial charge is 0.337 e. The first-order valence-electron chi connectivity index (χ1n) is 10.3. The summed E-state index contributed by atoms with van der Waals surface area (Å²) in [5.74, 6) is -1.36. The maximum Gasteiger partial charge on any atom is 0.337 e. The molecule has 0 spiro atoms. The first-order chi connectivity index (χ1) is 15.2. The Morgan fingerprint density at radius 3 is 2.59 bits per heavy atom. The summed E-state index contributed by atoms with van der Waals surface area (Å²) in [6.07, 6.45) is -0.703. The summed E-state index contributed by atoms with van der Waals surface area (Å²) >= 11 is 0. The average Bonchev–Trinajstić information content (AvgIpc) is 2.70. The lowest BCUT2D eigenvalue weighted by Crippen LogP contribution is -2.51. The van der Waals surface area contributed by atoms with Crippen molar-refractivity contribution in [3.8, 4) is 0 Å². The zero-order chi connectivity index (χ0) is 23.2.